The lowest BCUT2D eigenvalue weighted by molar-refractivity contribution is -0.132. The number of pyridine rings is 1. The molecule has 0 saturated heterocycles. The van der Waals surface area contributed by atoms with Crippen LogP contribution >= 0.6 is 27.5 Å². The highest BCUT2D eigenvalue weighted by atomic mass is 79.9. The molecule has 0 aliphatic carbocycles. The van der Waals surface area contributed by atoms with Crippen LogP contribution in [0.15, 0.2) is 27.3 Å². The first-order chi connectivity index (χ1) is 10.5. The maximum absolute atomic E-state index is 11.4. The summed E-state index contributed by atoms with van der Waals surface area (Å²) in [6.07, 6.45) is 2.69. The SMILES string of the molecule is CC(C)C[C@](C)(O)N=CC(C(=O)O)=C(O)c1cc(Br)cnc1Cl. The number of nitrogens with zero attached hydrogens (tertiary/aromatic N) is 2. The highest BCUT2D eigenvalue weighted by Crippen LogP contribution is 2.26. The van der Waals surface area contributed by atoms with Crippen molar-refractivity contribution >= 4 is 45.5 Å². The fourth-order valence-corrected chi connectivity index (χ4v) is 2.51. The summed E-state index contributed by atoms with van der Waals surface area (Å²) in [6, 6.07) is 1.44. The zero-order valence-corrected chi connectivity index (χ0v) is 15.3. The highest BCUT2D eigenvalue weighted by molar-refractivity contribution is 9.10. The molecular formula is C15H18BrClN2O4. The Morgan fingerprint density at radius 3 is 2.65 bits per heavy atom. The molecule has 126 valence electrons. The number of aliphatic imine (C=N–C) groups is 1. The summed E-state index contributed by atoms with van der Waals surface area (Å²) >= 11 is 9.06. The molecule has 0 fully saturated rings. The van der Waals surface area contributed by atoms with Crippen LogP contribution in [0.4, 0.5) is 0 Å². The van der Waals surface area contributed by atoms with Gasteiger partial charge in [-0.1, -0.05) is 25.4 Å². The first-order valence-corrected chi connectivity index (χ1v) is 7.96. The molecule has 0 unspecified atom stereocenters. The third kappa shape index (κ3) is 5.93. The summed E-state index contributed by atoms with van der Waals surface area (Å²) in [4.78, 5) is 19.1. The zero-order valence-electron chi connectivity index (χ0n) is 12.9. The van der Waals surface area contributed by atoms with Crippen molar-refractivity contribution in [2.75, 3.05) is 0 Å². The fourth-order valence-electron chi connectivity index (χ4n) is 1.98. The van der Waals surface area contributed by atoms with Gasteiger partial charge >= 0.3 is 5.97 Å². The summed E-state index contributed by atoms with van der Waals surface area (Å²) in [7, 11) is 0. The van der Waals surface area contributed by atoms with E-state index in [2.05, 4.69) is 25.9 Å². The van der Waals surface area contributed by atoms with Gasteiger partial charge in [-0.15, -0.1) is 0 Å². The molecule has 0 aromatic carbocycles. The van der Waals surface area contributed by atoms with Crippen LogP contribution in [0.1, 0.15) is 32.8 Å². The van der Waals surface area contributed by atoms with Gasteiger partial charge in [0.25, 0.3) is 0 Å². The minimum Gasteiger partial charge on any atom is -0.506 e. The van der Waals surface area contributed by atoms with E-state index in [0.717, 1.165) is 6.21 Å². The number of aliphatic hydroxyl groups excluding tert-OH is 1. The molecule has 8 heteroatoms. The number of hydrogen-bond acceptors (Lipinski definition) is 5. The van der Waals surface area contributed by atoms with Gasteiger partial charge < -0.3 is 15.3 Å². The predicted molar refractivity (Wildman–Crippen MR) is 92.7 cm³/mol. The maximum atomic E-state index is 11.4. The second kappa shape index (κ2) is 7.90. The summed E-state index contributed by atoms with van der Waals surface area (Å²) in [5.41, 5.74) is -1.88. The number of aliphatic carboxylic acids is 1. The number of hydrogen-bond donors (Lipinski definition) is 3. The Bertz CT molecular complexity index is 657. The third-order valence-corrected chi connectivity index (χ3v) is 3.55. The molecule has 1 aromatic heterocycles. The molecule has 6 nitrogen and oxygen atoms in total. The van der Waals surface area contributed by atoms with Gasteiger partial charge in [0.15, 0.2) is 5.72 Å². The number of carboxylic acids is 1. The maximum Gasteiger partial charge on any atom is 0.341 e. The summed E-state index contributed by atoms with van der Waals surface area (Å²) in [5, 5.41) is 29.6. The van der Waals surface area contributed by atoms with Crippen LogP contribution in [0.3, 0.4) is 0 Å². The summed E-state index contributed by atoms with van der Waals surface area (Å²) in [5.74, 6) is -1.82. The van der Waals surface area contributed by atoms with Crippen LogP contribution < -0.4 is 0 Å². The van der Waals surface area contributed by atoms with E-state index in [1.54, 1.807) is 0 Å². The van der Waals surface area contributed by atoms with Crippen molar-refractivity contribution in [2.45, 2.75) is 32.9 Å². The van der Waals surface area contributed by atoms with Crippen LogP contribution in [0, 0.1) is 5.92 Å². The van der Waals surface area contributed by atoms with Crippen LogP contribution in [0.25, 0.3) is 5.76 Å². The van der Waals surface area contributed by atoms with Crippen LogP contribution in [-0.4, -0.2) is 38.2 Å². The Hall–Kier alpha value is -1.44. The highest BCUT2D eigenvalue weighted by Gasteiger charge is 2.22. The van der Waals surface area contributed by atoms with Crippen molar-refractivity contribution in [3.8, 4) is 0 Å². The summed E-state index contributed by atoms with van der Waals surface area (Å²) in [6.45, 7) is 5.28. The van der Waals surface area contributed by atoms with Crippen molar-refractivity contribution in [1.82, 2.24) is 4.98 Å². The van der Waals surface area contributed by atoms with Gasteiger partial charge in [-0.25, -0.2) is 9.78 Å². The number of carboxylic acid groups (broad SMARTS) is 1. The Balaban J connectivity index is 3.29. The van der Waals surface area contributed by atoms with E-state index in [1.807, 2.05) is 13.8 Å². The van der Waals surface area contributed by atoms with E-state index < -0.39 is 23.0 Å². The third-order valence-electron chi connectivity index (χ3n) is 2.81. The van der Waals surface area contributed by atoms with Crippen molar-refractivity contribution in [2.24, 2.45) is 10.9 Å². The van der Waals surface area contributed by atoms with Crippen LogP contribution in [0.5, 0.6) is 0 Å². The van der Waals surface area contributed by atoms with E-state index in [1.165, 1.54) is 19.2 Å². The minimum atomic E-state index is -1.44. The molecule has 0 saturated carbocycles. The largest absolute Gasteiger partial charge is 0.506 e. The van der Waals surface area contributed by atoms with E-state index >= 15 is 0 Å². The lowest BCUT2D eigenvalue weighted by Crippen LogP contribution is -2.24. The average molecular weight is 406 g/mol. The molecule has 1 aromatic rings. The van der Waals surface area contributed by atoms with Gasteiger partial charge in [-0.3, -0.25) is 4.99 Å². The monoisotopic (exact) mass is 404 g/mol. The molecule has 0 amide bonds. The van der Waals surface area contributed by atoms with Crippen molar-refractivity contribution in [1.29, 1.82) is 0 Å². The van der Waals surface area contributed by atoms with Crippen molar-refractivity contribution in [3.05, 3.63) is 33.0 Å². The van der Waals surface area contributed by atoms with E-state index in [9.17, 15) is 20.1 Å². The van der Waals surface area contributed by atoms with E-state index in [-0.39, 0.29) is 16.6 Å². The van der Waals surface area contributed by atoms with Crippen LogP contribution in [0.2, 0.25) is 5.15 Å². The number of carbonyl (C=O) groups is 1. The average Bonchev–Trinajstić information content (AvgIpc) is 2.39. The van der Waals surface area contributed by atoms with Gasteiger partial charge in [0.1, 0.15) is 16.5 Å². The zero-order chi connectivity index (χ0) is 17.8. The first-order valence-electron chi connectivity index (χ1n) is 6.79. The molecule has 0 aliphatic heterocycles. The summed E-state index contributed by atoms with van der Waals surface area (Å²) < 4.78 is 0.525. The molecule has 0 aliphatic rings. The molecule has 1 atom stereocenters. The van der Waals surface area contributed by atoms with Crippen molar-refractivity contribution < 1.29 is 20.1 Å². The minimum absolute atomic E-state index is 0.0493. The number of aliphatic hydroxyl groups is 2. The molecule has 23 heavy (non-hydrogen) atoms. The van der Waals surface area contributed by atoms with Crippen molar-refractivity contribution in [3.63, 3.8) is 0 Å². The van der Waals surface area contributed by atoms with Gasteiger partial charge in [0.05, 0.1) is 5.56 Å². The molecule has 3 N–H and O–H groups in total. The Kier molecular flexibility index (Phi) is 6.73. The predicted octanol–water partition coefficient (Wildman–Crippen LogP) is 3.68. The Morgan fingerprint density at radius 2 is 2.13 bits per heavy atom. The first kappa shape index (κ1) is 19.6. The molecule has 0 spiro atoms. The van der Waals surface area contributed by atoms with Gasteiger partial charge in [-0.05, 0) is 41.3 Å². The molecule has 0 radical (unpaired) electrons. The quantitative estimate of drug-likeness (QED) is 0.290. The molecule has 0 bridgehead atoms. The van der Waals surface area contributed by atoms with Gasteiger partial charge in [0.2, 0.25) is 0 Å². The molecule has 1 rings (SSSR count). The standard InChI is InChI=1S/C15H18BrClN2O4/c1-8(2)5-15(3,23)19-7-11(14(21)22)12(20)10-4-9(16)6-18-13(10)17/h4,6-8,20,23H,5H2,1-3H3,(H,21,22)/t15-/m0/s1. The van der Waals surface area contributed by atoms with E-state index in [0.29, 0.717) is 10.9 Å². The Morgan fingerprint density at radius 1 is 1.52 bits per heavy atom. The number of halogens is 2. The van der Waals surface area contributed by atoms with Gasteiger partial charge in [0, 0.05) is 16.9 Å². The van der Waals surface area contributed by atoms with Gasteiger partial charge in [-0.2, -0.15) is 0 Å². The molecular weight excluding hydrogens is 388 g/mol. The van der Waals surface area contributed by atoms with E-state index in [4.69, 9.17) is 11.6 Å². The Labute approximate surface area is 147 Å². The number of aromatic nitrogens is 1. The molecule has 1 heterocycles. The number of rotatable bonds is 6. The second-order valence-corrected chi connectivity index (χ2v) is 6.91. The normalized spacial score (nSPS) is 15.6. The smallest absolute Gasteiger partial charge is 0.341 e. The fraction of sp³-hybridized carbons (Fsp3) is 0.400. The second-order valence-electron chi connectivity index (χ2n) is 5.63. The van der Waals surface area contributed by atoms with Crippen LogP contribution in [-0.2, 0) is 4.79 Å². The lowest BCUT2D eigenvalue weighted by Gasteiger charge is -2.20. The topological polar surface area (TPSA) is 103 Å². The lowest BCUT2D eigenvalue weighted by atomic mass is 10.0.